The fourth-order valence-electron chi connectivity index (χ4n) is 3.57. The van der Waals surface area contributed by atoms with Crippen LogP contribution in [0.3, 0.4) is 0 Å². The number of aryl methyl sites for hydroxylation is 2. The summed E-state index contributed by atoms with van der Waals surface area (Å²) in [5.74, 6) is -0.0720. The Bertz CT molecular complexity index is 797. The van der Waals surface area contributed by atoms with Gasteiger partial charge in [0.2, 0.25) is 5.91 Å². The van der Waals surface area contributed by atoms with Crippen LogP contribution < -0.4 is 0 Å². The third kappa shape index (κ3) is 4.53. The number of hydrogen-bond donors (Lipinski definition) is 0. The van der Waals surface area contributed by atoms with Crippen LogP contribution >= 0.6 is 0 Å². The first-order valence-electron chi connectivity index (χ1n) is 9.26. The zero-order chi connectivity index (χ0) is 19.6. The van der Waals surface area contributed by atoms with Crippen LogP contribution in [0, 0.1) is 13.8 Å². The van der Waals surface area contributed by atoms with E-state index in [0.717, 1.165) is 19.6 Å². The molecule has 1 fully saturated rings. The third-order valence-electron chi connectivity index (χ3n) is 5.06. The number of alkyl halides is 2. The average molecular weight is 376 g/mol. The number of piperazine rings is 1. The van der Waals surface area contributed by atoms with Gasteiger partial charge in [0.15, 0.2) is 0 Å². The number of aromatic nitrogens is 2. The summed E-state index contributed by atoms with van der Waals surface area (Å²) in [5, 5.41) is 3.91. The van der Waals surface area contributed by atoms with Crippen LogP contribution in [0.1, 0.15) is 41.9 Å². The Kier molecular flexibility index (Phi) is 5.89. The number of carbonyl (C=O) groups excluding carboxylic acids is 1. The second-order valence-corrected chi connectivity index (χ2v) is 7.22. The number of benzene rings is 1. The maximum absolute atomic E-state index is 12.8. The van der Waals surface area contributed by atoms with Gasteiger partial charge >= 0.3 is 0 Å². The van der Waals surface area contributed by atoms with E-state index in [1.807, 2.05) is 0 Å². The van der Waals surface area contributed by atoms with E-state index in [-0.39, 0.29) is 11.6 Å². The highest BCUT2D eigenvalue weighted by Gasteiger charge is 2.28. The molecule has 3 rings (SSSR count). The minimum absolute atomic E-state index is 0.0720. The van der Waals surface area contributed by atoms with Crippen LogP contribution in [0.5, 0.6) is 0 Å². The number of halogens is 2. The molecule has 0 radical (unpaired) electrons. The second-order valence-electron chi connectivity index (χ2n) is 7.22. The molecule has 0 N–H and O–H groups in total. The molecule has 0 aliphatic carbocycles. The van der Waals surface area contributed by atoms with Crippen molar-refractivity contribution in [2.45, 2.75) is 39.8 Å². The summed E-state index contributed by atoms with van der Waals surface area (Å²) in [6.45, 7) is 9.24. The summed E-state index contributed by atoms with van der Waals surface area (Å²) in [6, 6.07) is 9.20. The molecule has 1 aliphatic rings. The molecule has 1 unspecified atom stereocenters. The molecule has 0 bridgehead atoms. The standard InChI is InChI=1S/C20H26F2N4O/c1-14-5-4-6-17(11-14)13-24-7-9-25(10-8-24)20(27)16(3)26-15(2)12-18(23-26)19(21)22/h4-6,11-12,16,19H,7-10,13H2,1-3H3. The van der Waals surface area contributed by atoms with Gasteiger partial charge in [-0.05, 0) is 32.4 Å². The van der Waals surface area contributed by atoms with Crippen molar-refractivity contribution in [2.24, 2.45) is 0 Å². The van der Waals surface area contributed by atoms with Gasteiger partial charge in [-0.15, -0.1) is 0 Å². The molecule has 1 aromatic carbocycles. The zero-order valence-electron chi connectivity index (χ0n) is 16.0. The lowest BCUT2D eigenvalue weighted by Gasteiger charge is -2.36. The van der Waals surface area contributed by atoms with Crippen LogP contribution in [0.4, 0.5) is 8.78 Å². The Balaban J connectivity index is 1.58. The zero-order valence-corrected chi connectivity index (χ0v) is 16.0. The van der Waals surface area contributed by atoms with E-state index in [1.54, 1.807) is 18.7 Å². The van der Waals surface area contributed by atoms with E-state index in [2.05, 4.69) is 41.2 Å². The van der Waals surface area contributed by atoms with Crippen LogP contribution in [-0.2, 0) is 11.3 Å². The van der Waals surface area contributed by atoms with Gasteiger partial charge in [0, 0.05) is 38.4 Å². The molecule has 1 saturated heterocycles. The van der Waals surface area contributed by atoms with Crippen molar-refractivity contribution in [3.05, 3.63) is 52.8 Å². The summed E-state index contributed by atoms with van der Waals surface area (Å²) in [6.07, 6.45) is -2.63. The number of carbonyl (C=O) groups is 1. The van der Waals surface area contributed by atoms with Gasteiger partial charge in [0.25, 0.3) is 6.43 Å². The molecule has 1 atom stereocenters. The molecule has 2 aromatic rings. The molecule has 0 saturated carbocycles. The van der Waals surface area contributed by atoms with Crippen LogP contribution in [0.25, 0.3) is 0 Å². The van der Waals surface area contributed by atoms with Gasteiger partial charge in [-0.2, -0.15) is 5.10 Å². The number of nitrogens with zero attached hydrogens (tertiary/aromatic N) is 4. The van der Waals surface area contributed by atoms with Gasteiger partial charge in [-0.3, -0.25) is 14.4 Å². The molecule has 1 amide bonds. The van der Waals surface area contributed by atoms with E-state index in [9.17, 15) is 13.6 Å². The highest BCUT2D eigenvalue weighted by atomic mass is 19.3. The van der Waals surface area contributed by atoms with Crippen molar-refractivity contribution in [1.82, 2.24) is 19.6 Å². The molecule has 146 valence electrons. The van der Waals surface area contributed by atoms with Crippen LogP contribution in [0.15, 0.2) is 30.3 Å². The Morgan fingerprint density at radius 1 is 1.15 bits per heavy atom. The quantitative estimate of drug-likeness (QED) is 0.804. The summed E-state index contributed by atoms with van der Waals surface area (Å²) < 4.78 is 27.1. The van der Waals surface area contributed by atoms with Crippen molar-refractivity contribution in [3.8, 4) is 0 Å². The predicted molar refractivity (Wildman–Crippen MR) is 99.7 cm³/mol. The molecule has 27 heavy (non-hydrogen) atoms. The number of amides is 1. The summed E-state index contributed by atoms with van der Waals surface area (Å²) >= 11 is 0. The third-order valence-corrected chi connectivity index (χ3v) is 5.06. The summed E-state index contributed by atoms with van der Waals surface area (Å²) in [7, 11) is 0. The van der Waals surface area contributed by atoms with E-state index < -0.39 is 12.5 Å². The maximum atomic E-state index is 12.8. The molecule has 5 nitrogen and oxygen atoms in total. The number of rotatable bonds is 5. The maximum Gasteiger partial charge on any atom is 0.282 e. The average Bonchev–Trinajstić information content (AvgIpc) is 3.03. The largest absolute Gasteiger partial charge is 0.338 e. The highest BCUT2D eigenvalue weighted by molar-refractivity contribution is 5.80. The first kappa shape index (κ1) is 19.5. The Morgan fingerprint density at radius 3 is 2.44 bits per heavy atom. The minimum atomic E-state index is -2.63. The van der Waals surface area contributed by atoms with Crippen LogP contribution in [-0.4, -0.2) is 51.7 Å². The molecule has 1 aromatic heterocycles. The lowest BCUT2D eigenvalue weighted by atomic mass is 10.1. The van der Waals surface area contributed by atoms with E-state index in [4.69, 9.17) is 0 Å². The SMILES string of the molecule is Cc1cccc(CN2CCN(C(=O)C(C)n3nc(C(F)F)cc3C)CC2)c1. The first-order chi connectivity index (χ1) is 12.8. The topological polar surface area (TPSA) is 41.4 Å². The highest BCUT2D eigenvalue weighted by Crippen LogP contribution is 2.22. The van der Waals surface area contributed by atoms with Crippen molar-refractivity contribution in [1.29, 1.82) is 0 Å². The van der Waals surface area contributed by atoms with Gasteiger partial charge in [0.1, 0.15) is 11.7 Å². The van der Waals surface area contributed by atoms with Gasteiger partial charge < -0.3 is 4.90 Å². The fraction of sp³-hybridized carbons (Fsp3) is 0.500. The number of hydrogen-bond acceptors (Lipinski definition) is 3. The predicted octanol–water partition coefficient (Wildman–Crippen LogP) is 3.34. The van der Waals surface area contributed by atoms with Crippen molar-refractivity contribution in [3.63, 3.8) is 0 Å². The van der Waals surface area contributed by atoms with Crippen LogP contribution in [0.2, 0.25) is 0 Å². The minimum Gasteiger partial charge on any atom is -0.338 e. The lowest BCUT2D eigenvalue weighted by molar-refractivity contribution is -0.136. The molecule has 2 heterocycles. The molecule has 1 aliphatic heterocycles. The molecular formula is C20H26F2N4O. The Hall–Kier alpha value is -2.28. The molecular weight excluding hydrogens is 350 g/mol. The Labute approximate surface area is 158 Å². The lowest BCUT2D eigenvalue weighted by Crippen LogP contribution is -2.50. The van der Waals surface area contributed by atoms with Crippen molar-refractivity contribution in [2.75, 3.05) is 26.2 Å². The van der Waals surface area contributed by atoms with Gasteiger partial charge in [-0.25, -0.2) is 8.78 Å². The van der Waals surface area contributed by atoms with E-state index >= 15 is 0 Å². The summed E-state index contributed by atoms with van der Waals surface area (Å²) in [4.78, 5) is 16.9. The fourth-order valence-corrected chi connectivity index (χ4v) is 3.57. The van der Waals surface area contributed by atoms with E-state index in [1.165, 1.54) is 21.9 Å². The normalized spacial score (nSPS) is 16.7. The first-order valence-corrected chi connectivity index (χ1v) is 9.26. The monoisotopic (exact) mass is 376 g/mol. The van der Waals surface area contributed by atoms with Crippen molar-refractivity contribution >= 4 is 5.91 Å². The van der Waals surface area contributed by atoms with Crippen molar-refractivity contribution < 1.29 is 13.6 Å². The van der Waals surface area contributed by atoms with E-state index in [0.29, 0.717) is 18.8 Å². The molecule has 0 spiro atoms. The Morgan fingerprint density at radius 2 is 1.85 bits per heavy atom. The smallest absolute Gasteiger partial charge is 0.282 e. The second kappa shape index (κ2) is 8.17. The van der Waals surface area contributed by atoms with Gasteiger partial charge in [-0.1, -0.05) is 29.8 Å². The van der Waals surface area contributed by atoms with Gasteiger partial charge in [0.05, 0.1) is 0 Å². The molecule has 7 heteroatoms. The summed E-state index contributed by atoms with van der Waals surface area (Å²) in [5.41, 5.74) is 2.81.